The van der Waals surface area contributed by atoms with Gasteiger partial charge in [0, 0.05) is 22.5 Å². The molecule has 114 valence electrons. The van der Waals surface area contributed by atoms with Crippen molar-refractivity contribution in [1.82, 2.24) is 4.98 Å². The summed E-state index contributed by atoms with van der Waals surface area (Å²) in [5, 5.41) is 1.47. The average molecular weight is 283 g/mol. The van der Waals surface area contributed by atoms with E-state index in [1.807, 2.05) is 0 Å². The monoisotopic (exact) mass is 283 g/mol. The molecule has 0 fully saturated rings. The summed E-state index contributed by atoms with van der Waals surface area (Å²) in [6.45, 7) is 4.74. The fourth-order valence-electron chi connectivity index (χ4n) is 4.06. The van der Waals surface area contributed by atoms with Gasteiger partial charge in [-0.25, -0.2) is 0 Å². The summed E-state index contributed by atoms with van der Waals surface area (Å²) in [6.07, 6.45) is 10.9. The lowest BCUT2D eigenvalue weighted by Gasteiger charge is -2.29. The van der Waals surface area contributed by atoms with Crippen LogP contribution in [0.3, 0.4) is 0 Å². The van der Waals surface area contributed by atoms with E-state index in [2.05, 4.69) is 43.1 Å². The zero-order chi connectivity index (χ0) is 14.7. The van der Waals surface area contributed by atoms with E-state index in [1.165, 1.54) is 62.3 Å². The van der Waals surface area contributed by atoms with Gasteiger partial charge in [-0.2, -0.15) is 0 Å². The summed E-state index contributed by atoms with van der Waals surface area (Å²) in [5.74, 6) is 1.58. The first-order valence-electron chi connectivity index (χ1n) is 8.90. The van der Waals surface area contributed by atoms with Crippen molar-refractivity contribution in [3.8, 4) is 0 Å². The maximum absolute atomic E-state index is 3.75. The van der Waals surface area contributed by atoms with E-state index in [-0.39, 0.29) is 0 Å². The lowest BCUT2D eigenvalue weighted by atomic mass is 9.76. The molecule has 0 aliphatic heterocycles. The SMILES string of the molecule is CCCCCCCC1c2[nH]c3ccccc3c2CCC1C. The van der Waals surface area contributed by atoms with Crippen LogP contribution in [0.25, 0.3) is 10.9 Å². The van der Waals surface area contributed by atoms with Crippen molar-refractivity contribution < 1.29 is 0 Å². The van der Waals surface area contributed by atoms with Crippen molar-refractivity contribution in [2.75, 3.05) is 0 Å². The molecule has 2 aromatic rings. The number of rotatable bonds is 6. The van der Waals surface area contributed by atoms with Crippen LogP contribution in [0, 0.1) is 5.92 Å². The molecule has 0 saturated carbocycles. The normalized spacial score (nSPS) is 21.6. The first kappa shape index (κ1) is 14.7. The molecule has 1 N–H and O–H groups in total. The molecule has 1 nitrogen and oxygen atoms in total. The van der Waals surface area contributed by atoms with Gasteiger partial charge in [-0.3, -0.25) is 0 Å². The number of aryl methyl sites for hydroxylation is 1. The fraction of sp³-hybridized carbons (Fsp3) is 0.600. The molecule has 1 aromatic carbocycles. The van der Waals surface area contributed by atoms with Crippen molar-refractivity contribution >= 4 is 10.9 Å². The van der Waals surface area contributed by atoms with Crippen molar-refractivity contribution in [2.24, 2.45) is 5.92 Å². The van der Waals surface area contributed by atoms with Crippen LogP contribution in [0.2, 0.25) is 0 Å². The second-order valence-corrected chi connectivity index (χ2v) is 6.89. The third-order valence-corrected chi connectivity index (χ3v) is 5.37. The Morgan fingerprint density at radius 3 is 2.76 bits per heavy atom. The third-order valence-electron chi connectivity index (χ3n) is 5.37. The lowest BCUT2D eigenvalue weighted by Crippen LogP contribution is -2.18. The number of fused-ring (bicyclic) bond motifs is 3. The number of nitrogens with one attached hydrogen (secondary N) is 1. The second kappa shape index (κ2) is 6.68. The number of hydrogen-bond donors (Lipinski definition) is 1. The Morgan fingerprint density at radius 1 is 1.10 bits per heavy atom. The Bertz CT molecular complexity index is 581. The summed E-state index contributed by atoms with van der Waals surface area (Å²) in [7, 11) is 0. The highest BCUT2D eigenvalue weighted by molar-refractivity contribution is 5.85. The van der Waals surface area contributed by atoms with Crippen LogP contribution in [-0.4, -0.2) is 4.98 Å². The van der Waals surface area contributed by atoms with Gasteiger partial charge in [0.1, 0.15) is 0 Å². The van der Waals surface area contributed by atoms with Crippen molar-refractivity contribution in [1.29, 1.82) is 0 Å². The van der Waals surface area contributed by atoms with Crippen LogP contribution in [0.1, 0.15) is 76.0 Å². The molecule has 1 aliphatic rings. The van der Waals surface area contributed by atoms with E-state index in [0.29, 0.717) is 0 Å². The van der Waals surface area contributed by atoms with Gasteiger partial charge in [0.15, 0.2) is 0 Å². The number of para-hydroxylation sites is 1. The van der Waals surface area contributed by atoms with Crippen LogP contribution < -0.4 is 0 Å². The van der Waals surface area contributed by atoms with Gasteiger partial charge >= 0.3 is 0 Å². The highest BCUT2D eigenvalue weighted by atomic mass is 14.7. The molecule has 0 saturated heterocycles. The molecule has 1 heteroatoms. The summed E-state index contributed by atoms with van der Waals surface area (Å²) >= 11 is 0. The molecule has 0 amide bonds. The van der Waals surface area contributed by atoms with Crippen molar-refractivity contribution in [2.45, 2.75) is 71.1 Å². The van der Waals surface area contributed by atoms with Crippen LogP contribution in [-0.2, 0) is 6.42 Å². The fourth-order valence-corrected chi connectivity index (χ4v) is 4.06. The van der Waals surface area contributed by atoms with Gasteiger partial charge in [0.25, 0.3) is 0 Å². The molecule has 21 heavy (non-hydrogen) atoms. The van der Waals surface area contributed by atoms with Gasteiger partial charge in [0.05, 0.1) is 0 Å². The van der Waals surface area contributed by atoms with Crippen LogP contribution >= 0.6 is 0 Å². The maximum atomic E-state index is 3.75. The molecule has 1 heterocycles. The summed E-state index contributed by atoms with van der Waals surface area (Å²) in [5.41, 5.74) is 4.51. The number of aromatic nitrogens is 1. The molecular weight excluding hydrogens is 254 g/mol. The minimum Gasteiger partial charge on any atom is -0.358 e. The van der Waals surface area contributed by atoms with Crippen LogP contribution in [0.4, 0.5) is 0 Å². The highest BCUT2D eigenvalue weighted by Crippen LogP contribution is 2.41. The van der Waals surface area contributed by atoms with E-state index in [9.17, 15) is 0 Å². The van der Waals surface area contributed by atoms with Gasteiger partial charge in [-0.1, -0.05) is 64.2 Å². The van der Waals surface area contributed by atoms with Gasteiger partial charge in [-0.15, -0.1) is 0 Å². The number of unbranched alkanes of at least 4 members (excludes halogenated alkanes) is 4. The molecule has 2 atom stereocenters. The van der Waals surface area contributed by atoms with E-state index < -0.39 is 0 Å². The Kier molecular flexibility index (Phi) is 4.67. The Hall–Kier alpha value is -1.24. The highest BCUT2D eigenvalue weighted by Gasteiger charge is 2.28. The van der Waals surface area contributed by atoms with E-state index in [1.54, 1.807) is 11.3 Å². The number of aromatic amines is 1. The van der Waals surface area contributed by atoms with E-state index in [0.717, 1.165) is 11.8 Å². The smallest absolute Gasteiger partial charge is 0.0459 e. The van der Waals surface area contributed by atoms with Crippen molar-refractivity contribution in [3.63, 3.8) is 0 Å². The number of hydrogen-bond acceptors (Lipinski definition) is 0. The quantitative estimate of drug-likeness (QED) is 0.608. The molecule has 1 aliphatic carbocycles. The topological polar surface area (TPSA) is 15.8 Å². The summed E-state index contributed by atoms with van der Waals surface area (Å²) < 4.78 is 0. The lowest BCUT2D eigenvalue weighted by molar-refractivity contribution is 0.367. The van der Waals surface area contributed by atoms with Gasteiger partial charge < -0.3 is 4.98 Å². The molecule has 3 rings (SSSR count). The number of H-pyrrole nitrogens is 1. The molecule has 2 unspecified atom stereocenters. The second-order valence-electron chi connectivity index (χ2n) is 6.89. The van der Waals surface area contributed by atoms with E-state index in [4.69, 9.17) is 0 Å². The minimum absolute atomic E-state index is 0.753. The summed E-state index contributed by atoms with van der Waals surface area (Å²) in [6, 6.07) is 8.84. The predicted octanol–water partition coefficient (Wildman–Crippen LogP) is 6.19. The molecular formula is C20H29N. The third kappa shape index (κ3) is 3.02. The zero-order valence-corrected chi connectivity index (χ0v) is 13.6. The molecule has 0 spiro atoms. The maximum Gasteiger partial charge on any atom is 0.0459 e. The Labute approximate surface area is 129 Å². The van der Waals surface area contributed by atoms with Gasteiger partial charge in [0.2, 0.25) is 0 Å². The number of benzene rings is 1. The minimum atomic E-state index is 0.753. The van der Waals surface area contributed by atoms with E-state index >= 15 is 0 Å². The molecule has 0 bridgehead atoms. The average Bonchev–Trinajstić information content (AvgIpc) is 2.87. The first-order valence-corrected chi connectivity index (χ1v) is 8.90. The van der Waals surface area contributed by atoms with Gasteiger partial charge in [-0.05, 0) is 36.8 Å². The standard InChI is InChI=1S/C20H29N/c1-3-4-5-6-7-10-16-15(2)13-14-18-17-11-8-9-12-19(17)21-20(16)18/h8-9,11-12,15-16,21H,3-7,10,13-14H2,1-2H3. The Morgan fingerprint density at radius 2 is 1.90 bits per heavy atom. The summed E-state index contributed by atoms with van der Waals surface area (Å²) in [4.78, 5) is 3.75. The molecule has 1 aromatic heterocycles. The van der Waals surface area contributed by atoms with Crippen LogP contribution in [0.5, 0.6) is 0 Å². The van der Waals surface area contributed by atoms with Crippen molar-refractivity contribution in [3.05, 3.63) is 35.5 Å². The van der Waals surface area contributed by atoms with Crippen LogP contribution in [0.15, 0.2) is 24.3 Å². The predicted molar refractivity (Wildman–Crippen MR) is 91.9 cm³/mol. The zero-order valence-electron chi connectivity index (χ0n) is 13.6. The Balaban J connectivity index is 1.75. The largest absolute Gasteiger partial charge is 0.358 e. The molecule has 0 radical (unpaired) electrons. The first-order chi connectivity index (χ1) is 10.3.